The number of carboxylic acids is 1. The minimum atomic E-state index is -4.01. The quantitative estimate of drug-likeness (QED) is 0.818. The highest BCUT2D eigenvalue weighted by atomic mass is 32.2. The normalized spacial score (nSPS) is 20.3. The number of halogens is 1. The van der Waals surface area contributed by atoms with E-state index < -0.39 is 38.5 Å². The third-order valence-corrected chi connectivity index (χ3v) is 7.58. The lowest BCUT2D eigenvalue weighted by Gasteiger charge is -2.31. The number of nitrogens with zero attached hydrogens (tertiary/aromatic N) is 2. The minimum Gasteiger partial charge on any atom is -0.481 e. The van der Waals surface area contributed by atoms with Crippen molar-refractivity contribution in [3.63, 3.8) is 0 Å². The number of hydrogen-bond donors (Lipinski definition) is 1. The predicted octanol–water partition coefficient (Wildman–Crippen LogP) is 2.18. The van der Waals surface area contributed by atoms with Gasteiger partial charge >= 0.3 is 5.97 Å². The first kappa shape index (κ1) is 20.7. The molecule has 3 rings (SSSR count). The Morgan fingerprint density at radius 1 is 1.07 bits per heavy atom. The van der Waals surface area contributed by atoms with Crippen molar-refractivity contribution in [3.05, 3.63) is 29.6 Å². The molecule has 1 N–H and O–H groups in total. The van der Waals surface area contributed by atoms with Gasteiger partial charge in [-0.05, 0) is 49.8 Å². The molecule has 9 heteroatoms. The van der Waals surface area contributed by atoms with Gasteiger partial charge in [0.15, 0.2) is 0 Å². The lowest BCUT2D eigenvalue weighted by Crippen LogP contribution is -2.40. The molecule has 1 amide bonds. The largest absolute Gasteiger partial charge is 0.481 e. The second-order valence-electron chi connectivity index (χ2n) is 7.64. The third-order valence-electron chi connectivity index (χ3n) is 5.67. The van der Waals surface area contributed by atoms with E-state index in [-0.39, 0.29) is 18.7 Å². The number of aliphatic carboxylic acids is 1. The summed E-state index contributed by atoms with van der Waals surface area (Å²) < 4.78 is 41.4. The Morgan fingerprint density at radius 3 is 2.25 bits per heavy atom. The molecule has 2 aliphatic heterocycles. The van der Waals surface area contributed by atoms with Crippen molar-refractivity contribution >= 4 is 21.9 Å². The van der Waals surface area contributed by atoms with Crippen LogP contribution in [-0.2, 0) is 14.8 Å². The Balaban J connectivity index is 1.80. The zero-order valence-electron chi connectivity index (χ0n) is 15.8. The van der Waals surface area contributed by atoms with E-state index in [9.17, 15) is 22.4 Å². The van der Waals surface area contributed by atoms with Crippen molar-refractivity contribution in [1.82, 2.24) is 9.21 Å². The second kappa shape index (κ2) is 8.16. The van der Waals surface area contributed by atoms with E-state index in [4.69, 9.17) is 5.11 Å². The molecule has 0 bridgehead atoms. The van der Waals surface area contributed by atoms with Gasteiger partial charge in [-0.15, -0.1) is 0 Å². The lowest BCUT2D eigenvalue weighted by molar-refractivity contribution is -0.143. The summed E-state index contributed by atoms with van der Waals surface area (Å²) in [4.78, 5) is 24.8. The molecule has 154 valence electrons. The van der Waals surface area contributed by atoms with E-state index in [1.807, 2.05) is 0 Å². The summed E-state index contributed by atoms with van der Waals surface area (Å²) in [5, 5.41) is 9.06. The molecule has 0 radical (unpaired) electrons. The predicted molar refractivity (Wildman–Crippen MR) is 99.8 cm³/mol. The summed E-state index contributed by atoms with van der Waals surface area (Å²) in [7, 11) is -4.01. The first-order valence-electron chi connectivity index (χ1n) is 9.52. The van der Waals surface area contributed by atoms with E-state index in [2.05, 4.69) is 6.92 Å². The smallest absolute Gasteiger partial charge is 0.306 e. The Bertz CT molecular complexity index is 857. The van der Waals surface area contributed by atoms with Crippen molar-refractivity contribution in [2.24, 2.45) is 11.8 Å². The van der Waals surface area contributed by atoms with Crippen molar-refractivity contribution in [2.45, 2.75) is 37.5 Å². The molecule has 1 aromatic carbocycles. The molecule has 7 nitrogen and oxygen atoms in total. The molecule has 0 unspecified atom stereocenters. The molecule has 0 aromatic heterocycles. The van der Waals surface area contributed by atoms with Crippen LogP contribution in [0.2, 0.25) is 0 Å². The van der Waals surface area contributed by atoms with Crippen molar-refractivity contribution in [3.8, 4) is 0 Å². The topological polar surface area (TPSA) is 95.0 Å². The van der Waals surface area contributed by atoms with Gasteiger partial charge in [0.1, 0.15) is 10.7 Å². The van der Waals surface area contributed by atoms with Gasteiger partial charge in [0.05, 0.1) is 5.92 Å². The molecular weight excluding hydrogens is 387 g/mol. The zero-order chi connectivity index (χ0) is 20.5. The maximum Gasteiger partial charge on any atom is 0.306 e. The molecule has 0 atom stereocenters. The fourth-order valence-corrected chi connectivity index (χ4v) is 5.27. The van der Waals surface area contributed by atoms with Crippen LogP contribution in [0.25, 0.3) is 0 Å². The summed E-state index contributed by atoms with van der Waals surface area (Å²) in [5.41, 5.74) is 0.0964. The van der Waals surface area contributed by atoms with Crippen LogP contribution in [0.3, 0.4) is 0 Å². The number of carbonyl (C=O) groups excluding carboxylic acids is 1. The van der Waals surface area contributed by atoms with Crippen LogP contribution in [0.4, 0.5) is 4.39 Å². The molecule has 0 spiro atoms. The van der Waals surface area contributed by atoms with Gasteiger partial charge in [-0.25, -0.2) is 12.8 Å². The highest BCUT2D eigenvalue weighted by Crippen LogP contribution is 2.27. The van der Waals surface area contributed by atoms with Crippen LogP contribution >= 0.6 is 0 Å². The van der Waals surface area contributed by atoms with Gasteiger partial charge in [0.2, 0.25) is 10.0 Å². The molecule has 1 aromatic rings. The van der Waals surface area contributed by atoms with Crippen LogP contribution in [0, 0.1) is 17.7 Å². The number of amides is 1. The first-order chi connectivity index (χ1) is 13.2. The van der Waals surface area contributed by atoms with Crippen LogP contribution < -0.4 is 0 Å². The Kier molecular flexibility index (Phi) is 6.04. The first-order valence-corrected chi connectivity index (χ1v) is 11.0. The van der Waals surface area contributed by atoms with Gasteiger partial charge in [0.25, 0.3) is 5.91 Å². The van der Waals surface area contributed by atoms with Crippen molar-refractivity contribution in [2.75, 3.05) is 26.2 Å². The summed E-state index contributed by atoms with van der Waals surface area (Å²) in [5.74, 6) is -2.21. The number of benzene rings is 1. The molecule has 2 aliphatic rings. The third kappa shape index (κ3) is 4.20. The highest BCUT2D eigenvalue weighted by Gasteiger charge is 2.32. The average Bonchev–Trinajstić information content (AvgIpc) is 2.68. The van der Waals surface area contributed by atoms with Gasteiger partial charge in [-0.3, -0.25) is 9.59 Å². The SMILES string of the molecule is CC1CCN(S(=O)(=O)c2cc(C(=O)N3CCC(C(=O)O)CC3)ccc2F)CC1. The number of carboxylic acid groups (broad SMARTS) is 1. The minimum absolute atomic E-state index is 0.0964. The van der Waals surface area contributed by atoms with E-state index in [1.165, 1.54) is 15.3 Å². The standard InChI is InChI=1S/C19H25FN2O5S/c1-13-4-10-22(11-5-13)28(26,27)17-12-15(2-3-16(17)20)18(23)21-8-6-14(7-9-21)19(24)25/h2-3,12-14H,4-11H2,1H3,(H,24,25). The molecule has 0 aliphatic carbocycles. The molecule has 0 saturated carbocycles. The number of sulfonamides is 1. The maximum absolute atomic E-state index is 14.3. The number of rotatable bonds is 4. The lowest BCUT2D eigenvalue weighted by atomic mass is 9.96. The van der Waals surface area contributed by atoms with Crippen LogP contribution in [0.1, 0.15) is 43.0 Å². The van der Waals surface area contributed by atoms with Crippen LogP contribution in [0.5, 0.6) is 0 Å². The Labute approximate surface area is 164 Å². The molecule has 28 heavy (non-hydrogen) atoms. The van der Waals surface area contributed by atoms with Crippen molar-refractivity contribution in [1.29, 1.82) is 0 Å². The van der Waals surface area contributed by atoms with Gasteiger partial charge in [-0.2, -0.15) is 4.31 Å². The molecule has 2 heterocycles. The molecule has 2 fully saturated rings. The average molecular weight is 412 g/mol. The fraction of sp³-hybridized carbons (Fsp3) is 0.579. The fourth-order valence-electron chi connectivity index (χ4n) is 3.71. The monoisotopic (exact) mass is 412 g/mol. The maximum atomic E-state index is 14.3. The highest BCUT2D eigenvalue weighted by molar-refractivity contribution is 7.89. The summed E-state index contributed by atoms with van der Waals surface area (Å²) in [6.07, 6.45) is 2.13. The van der Waals surface area contributed by atoms with E-state index in [1.54, 1.807) is 0 Å². The molecule has 2 saturated heterocycles. The summed E-state index contributed by atoms with van der Waals surface area (Å²) >= 11 is 0. The van der Waals surface area contributed by atoms with E-state index >= 15 is 0 Å². The van der Waals surface area contributed by atoms with Crippen LogP contribution in [0.15, 0.2) is 23.1 Å². The van der Waals surface area contributed by atoms with E-state index in [0.717, 1.165) is 25.0 Å². The number of piperidine rings is 2. The van der Waals surface area contributed by atoms with Gasteiger partial charge < -0.3 is 10.0 Å². The van der Waals surface area contributed by atoms with Crippen LogP contribution in [-0.4, -0.2) is 60.8 Å². The summed E-state index contributed by atoms with van der Waals surface area (Å²) in [6.45, 7) is 3.28. The Morgan fingerprint density at radius 2 is 1.68 bits per heavy atom. The number of hydrogen-bond acceptors (Lipinski definition) is 4. The van der Waals surface area contributed by atoms with Gasteiger partial charge in [-0.1, -0.05) is 6.92 Å². The van der Waals surface area contributed by atoms with Crippen molar-refractivity contribution < 1.29 is 27.5 Å². The number of carbonyl (C=O) groups is 2. The molecular formula is C19H25FN2O5S. The summed E-state index contributed by atoms with van der Waals surface area (Å²) in [6, 6.07) is 3.39. The Hall–Kier alpha value is -2.00. The zero-order valence-corrected chi connectivity index (χ0v) is 16.6. The number of likely N-dealkylation sites (tertiary alicyclic amines) is 1. The second-order valence-corrected chi connectivity index (χ2v) is 9.54. The van der Waals surface area contributed by atoms with Gasteiger partial charge in [0, 0.05) is 31.7 Å². The van der Waals surface area contributed by atoms with E-state index in [0.29, 0.717) is 31.8 Å².